The highest BCUT2D eigenvalue weighted by Crippen LogP contribution is 1.97. The van der Waals surface area contributed by atoms with E-state index in [1.165, 1.54) is 0 Å². The average molecular weight is 180 g/mol. The van der Waals surface area contributed by atoms with Crippen LogP contribution in [0.25, 0.3) is 0 Å². The van der Waals surface area contributed by atoms with Gasteiger partial charge in [-0.05, 0) is 13.0 Å². The quantitative estimate of drug-likeness (QED) is 0.492. The Hall–Kier alpha value is -1.65. The molecule has 5 nitrogen and oxygen atoms in total. The Labute approximate surface area is 76.6 Å². The van der Waals surface area contributed by atoms with Gasteiger partial charge in [0.25, 0.3) is 0 Å². The molecule has 1 rings (SSSR count). The number of hydrogen-bond donors (Lipinski definition) is 2. The summed E-state index contributed by atoms with van der Waals surface area (Å²) in [5.41, 5.74) is 0.917. The summed E-state index contributed by atoms with van der Waals surface area (Å²) < 4.78 is 0. The fourth-order valence-corrected chi connectivity index (χ4v) is 0.839. The first-order valence-electron chi connectivity index (χ1n) is 4.03. The lowest BCUT2D eigenvalue weighted by Crippen LogP contribution is -2.21. The molecule has 70 valence electrons. The van der Waals surface area contributed by atoms with Gasteiger partial charge in [-0.3, -0.25) is 4.79 Å². The number of amides is 1. The van der Waals surface area contributed by atoms with Crippen molar-refractivity contribution >= 4 is 12.4 Å². The van der Waals surface area contributed by atoms with Crippen LogP contribution in [-0.4, -0.2) is 29.5 Å². The van der Waals surface area contributed by atoms with E-state index in [1.54, 1.807) is 6.20 Å². The fourth-order valence-electron chi connectivity index (χ4n) is 0.839. The molecule has 0 unspecified atom stereocenters. The van der Waals surface area contributed by atoms with E-state index in [9.17, 15) is 4.79 Å². The molecular weight excluding hydrogens is 168 g/mol. The third-order valence-corrected chi connectivity index (χ3v) is 1.43. The second-order valence-corrected chi connectivity index (χ2v) is 2.52. The molecule has 0 aliphatic carbocycles. The fraction of sp³-hybridized carbons (Fsp3) is 0.375. The van der Waals surface area contributed by atoms with Crippen molar-refractivity contribution in [2.45, 2.75) is 6.92 Å². The number of aromatic nitrogens is 2. The first-order valence-corrected chi connectivity index (χ1v) is 4.03. The minimum Gasteiger partial charge on any atom is -0.357 e. The van der Waals surface area contributed by atoms with E-state index >= 15 is 0 Å². The first-order chi connectivity index (χ1) is 6.33. The number of carbonyl (C=O) groups excluding carboxylic acids is 1. The zero-order valence-corrected chi connectivity index (χ0v) is 7.45. The maximum absolute atomic E-state index is 9.90. The molecule has 0 fully saturated rings. The largest absolute Gasteiger partial charge is 0.357 e. The van der Waals surface area contributed by atoms with Gasteiger partial charge in [-0.25, -0.2) is 9.97 Å². The van der Waals surface area contributed by atoms with Gasteiger partial charge in [-0.2, -0.15) is 0 Å². The van der Waals surface area contributed by atoms with Gasteiger partial charge >= 0.3 is 0 Å². The van der Waals surface area contributed by atoms with Crippen LogP contribution in [0, 0.1) is 6.92 Å². The Bertz CT molecular complexity index is 277. The molecule has 1 aromatic heterocycles. The van der Waals surface area contributed by atoms with E-state index < -0.39 is 0 Å². The summed E-state index contributed by atoms with van der Waals surface area (Å²) in [5.74, 6) is 0.590. The van der Waals surface area contributed by atoms with E-state index in [0.717, 1.165) is 5.69 Å². The third kappa shape index (κ3) is 3.50. The smallest absolute Gasteiger partial charge is 0.222 e. The monoisotopic (exact) mass is 180 g/mol. The van der Waals surface area contributed by atoms with Gasteiger partial charge in [0, 0.05) is 25.0 Å². The van der Waals surface area contributed by atoms with Crippen molar-refractivity contribution in [2.75, 3.05) is 18.4 Å². The average Bonchev–Trinajstić information content (AvgIpc) is 2.13. The summed E-state index contributed by atoms with van der Waals surface area (Å²) in [6.07, 6.45) is 2.36. The van der Waals surface area contributed by atoms with Crippen molar-refractivity contribution in [1.82, 2.24) is 15.3 Å². The van der Waals surface area contributed by atoms with Crippen LogP contribution in [0.1, 0.15) is 5.69 Å². The van der Waals surface area contributed by atoms with Gasteiger partial charge in [-0.1, -0.05) is 0 Å². The molecule has 0 bridgehead atoms. The molecular formula is C8H12N4O. The van der Waals surface area contributed by atoms with Crippen molar-refractivity contribution in [3.8, 4) is 0 Å². The lowest BCUT2D eigenvalue weighted by molar-refractivity contribution is -0.109. The topological polar surface area (TPSA) is 66.9 Å². The van der Waals surface area contributed by atoms with E-state index in [1.807, 2.05) is 13.0 Å². The normalized spacial score (nSPS) is 9.31. The summed E-state index contributed by atoms with van der Waals surface area (Å²) in [5, 5.41) is 5.51. The van der Waals surface area contributed by atoms with Crippen LogP contribution in [0.15, 0.2) is 12.3 Å². The maximum Gasteiger partial charge on any atom is 0.222 e. The van der Waals surface area contributed by atoms with Crippen LogP contribution in [-0.2, 0) is 4.79 Å². The second-order valence-electron chi connectivity index (χ2n) is 2.52. The minimum atomic E-state index is 0.570. The predicted octanol–water partition coefficient (Wildman–Crippen LogP) is -0.0571. The number of nitrogens with one attached hydrogen (secondary N) is 2. The summed E-state index contributed by atoms with van der Waals surface area (Å²) in [7, 11) is 0. The molecule has 0 aliphatic rings. The molecule has 2 N–H and O–H groups in total. The van der Waals surface area contributed by atoms with Crippen LogP contribution in [0.2, 0.25) is 0 Å². The van der Waals surface area contributed by atoms with Crippen molar-refractivity contribution in [1.29, 1.82) is 0 Å². The molecule has 0 spiro atoms. The van der Waals surface area contributed by atoms with Crippen molar-refractivity contribution < 1.29 is 4.79 Å². The molecule has 5 heteroatoms. The van der Waals surface area contributed by atoms with Gasteiger partial charge in [-0.15, -0.1) is 0 Å². The van der Waals surface area contributed by atoms with Gasteiger partial charge in [0.1, 0.15) is 0 Å². The van der Waals surface area contributed by atoms with E-state index in [2.05, 4.69) is 20.6 Å². The summed E-state index contributed by atoms with van der Waals surface area (Å²) in [6, 6.07) is 1.83. The highest BCUT2D eigenvalue weighted by atomic mass is 16.1. The lowest BCUT2D eigenvalue weighted by Gasteiger charge is -2.03. The zero-order valence-electron chi connectivity index (χ0n) is 7.45. The molecule has 0 atom stereocenters. The third-order valence-electron chi connectivity index (χ3n) is 1.43. The van der Waals surface area contributed by atoms with Crippen molar-refractivity contribution in [2.24, 2.45) is 0 Å². The molecule has 0 aliphatic heterocycles. The lowest BCUT2D eigenvalue weighted by atomic mass is 10.5. The van der Waals surface area contributed by atoms with Crippen LogP contribution in [0.3, 0.4) is 0 Å². The molecule has 13 heavy (non-hydrogen) atoms. The standard InChI is InChI=1S/C8H12N4O/c1-7-2-3-10-8(12-7)11-5-4-9-6-13/h2-3,6H,4-5H2,1H3,(H,9,13)(H,10,11,12). The van der Waals surface area contributed by atoms with Gasteiger partial charge in [0.15, 0.2) is 0 Å². The van der Waals surface area contributed by atoms with Crippen LogP contribution >= 0.6 is 0 Å². The summed E-state index contributed by atoms with van der Waals surface area (Å²) >= 11 is 0. The van der Waals surface area contributed by atoms with Crippen LogP contribution in [0.5, 0.6) is 0 Å². The van der Waals surface area contributed by atoms with Crippen LogP contribution < -0.4 is 10.6 Å². The number of rotatable bonds is 5. The number of carbonyl (C=O) groups is 1. The SMILES string of the molecule is Cc1ccnc(NCCNC=O)n1. The number of anilines is 1. The highest BCUT2D eigenvalue weighted by Gasteiger charge is 1.93. The molecule has 0 saturated heterocycles. The Morgan fingerprint density at radius 1 is 1.54 bits per heavy atom. The second kappa shape index (κ2) is 5.08. The molecule has 1 heterocycles. The molecule has 1 aromatic rings. The number of aryl methyl sites for hydroxylation is 1. The van der Waals surface area contributed by atoms with Gasteiger partial charge in [0.2, 0.25) is 12.4 Å². The predicted molar refractivity (Wildman–Crippen MR) is 49.3 cm³/mol. The van der Waals surface area contributed by atoms with Gasteiger partial charge in [0.05, 0.1) is 0 Å². The van der Waals surface area contributed by atoms with E-state index in [0.29, 0.717) is 25.4 Å². The summed E-state index contributed by atoms with van der Waals surface area (Å²) in [6.45, 7) is 3.10. The molecule has 0 radical (unpaired) electrons. The maximum atomic E-state index is 9.90. The van der Waals surface area contributed by atoms with E-state index in [4.69, 9.17) is 0 Å². The Morgan fingerprint density at radius 3 is 3.08 bits per heavy atom. The first kappa shape index (κ1) is 9.44. The van der Waals surface area contributed by atoms with E-state index in [-0.39, 0.29) is 0 Å². The van der Waals surface area contributed by atoms with Crippen molar-refractivity contribution in [3.63, 3.8) is 0 Å². The van der Waals surface area contributed by atoms with Crippen LogP contribution in [0.4, 0.5) is 5.95 Å². The highest BCUT2D eigenvalue weighted by molar-refractivity contribution is 5.45. The Balaban J connectivity index is 2.32. The summed E-state index contributed by atoms with van der Waals surface area (Å²) in [4.78, 5) is 18.0. The van der Waals surface area contributed by atoms with Crippen molar-refractivity contribution in [3.05, 3.63) is 18.0 Å². The Kier molecular flexibility index (Phi) is 3.69. The zero-order chi connectivity index (χ0) is 9.52. The molecule has 0 aromatic carbocycles. The van der Waals surface area contributed by atoms with Gasteiger partial charge < -0.3 is 10.6 Å². The number of nitrogens with zero attached hydrogens (tertiary/aromatic N) is 2. The minimum absolute atomic E-state index is 0.570. The molecule has 1 amide bonds. The Morgan fingerprint density at radius 2 is 2.38 bits per heavy atom. The number of hydrogen-bond acceptors (Lipinski definition) is 4. The molecule has 0 saturated carbocycles.